The van der Waals surface area contributed by atoms with Crippen LogP contribution in [0.4, 0.5) is 0 Å². The van der Waals surface area contributed by atoms with Crippen LogP contribution in [0.2, 0.25) is 0 Å². The number of nitrogens with one attached hydrogen (secondary N) is 2. The van der Waals surface area contributed by atoms with Crippen LogP contribution in [-0.4, -0.2) is 44.6 Å². The summed E-state index contributed by atoms with van der Waals surface area (Å²) in [6.07, 6.45) is 4.03. The average molecular weight is 298 g/mol. The molecule has 2 N–H and O–H groups in total. The molecule has 1 aromatic rings. The summed E-state index contributed by atoms with van der Waals surface area (Å²) in [5, 5.41) is 11.3. The van der Waals surface area contributed by atoms with Crippen LogP contribution in [0, 0.1) is 0 Å². The van der Waals surface area contributed by atoms with Crippen LogP contribution in [0.3, 0.4) is 0 Å². The van der Waals surface area contributed by atoms with Gasteiger partial charge in [-0.15, -0.1) is 0 Å². The van der Waals surface area contributed by atoms with Crippen LogP contribution in [0.25, 0.3) is 0 Å². The second-order valence-electron chi connectivity index (χ2n) is 5.37. The van der Waals surface area contributed by atoms with E-state index in [-0.39, 0.29) is 12.0 Å². The molecule has 2 atom stereocenters. The van der Waals surface area contributed by atoms with Crippen molar-refractivity contribution in [3.8, 4) is 0 Å². The lowest BCUT2D eigenvalue weighted by molar-refractivity contribution is -0.151. The summed E-state index contributed by atoms with van der Waals surface area (Å²) < 4.78 is 5.27. The van der Waals surface area contributed by atoms with Gasteiger partial charge in [-0.2, -0.15) is 5.10 Å². The molecule has 0 aromatic carbocycles. The molecule has 0 radical (unpaired) electrons. The molecule has 0 saturated heterocycles. The van der Waals surface area contributed by atoms with Crippen LogP contribution < -0.4 is 5.32 Å². The predicted molar refractivity (Wildman–Crippen MR) is 77.5 cm³/mol. The maximum Gasteiger partial charge on any atom is 0.326 e. The van der Waals surface area contributed by atoms with Gasteiger partial charge in [-0.25, -0.2) is 4.98 Å². The lowest BCUT2D eigenvalue weighted by Crippen LogP contribution is -2.54. The zero-order chi connectivity index (χ0) is 14.6. The van der Waals surface area contributed by atoms with Crippen LogP contribution in [0.15, 0.2) is 11.5 Å². The van der Waals surface area contributed by atoms with Crippen molar-refractivity contribution in [2.24, 2.45) is 0 Å². The first-order valence-electron chi connectivity index (χ1n) is 7.02. The van der Waals surface area contributed by atoms with Crippen LogP contribution in [-0.2, 0) is 9.53 Å². The summed E-state index contributed by atoms with van der Waals surface area (Å²) in [4.78, 5) is 16.5. The monoisotopic (exact) mass is 298 g/mol. The first-order chi connectivity index (χ1) is 9.55. The zero-order valence-corrected chi connectivity index (χ0v) is 13.0. The molecule has 6 nitrogen and oxygen atoms in total. The van der Waals surface area contributed by atoms with Crippen LogP contribution >= 0.6 is 11.8 Å². The number of rotatable bonds is 6. The van der Waals surface area contributed by atoms with Gasteiger partial charge in [0.2, 0.25) is 0 Å². The van der Waals surface area contributed by atoms with Crippen molar-refractivity contribution in [1.82, 2.24) is 20.5 Å². The molecule has 0 bridgehead atoms. The number of H-pyrrole nitrogens is 1. The van der Waals surface area contributed by atoms with E-state index in [4.69, 9.17) is 4.74 Å². The first kappa shape index (κ1) is 15.3. The Hall–Kier alpha value is -1.08. The summed E-state index contributed by atoms with van der Waals surface area (Å²) >= 11 is 1.65. The lowest BCUT2D eigenvalue weighted by Gasteiger charge is -2.30. The standard InChI is InChI=1S/C13H22N4O2S/c1-4-19-11(18)13(16-9(2)3)6-5-10(7-13)20-12-14-8-15-17-12/h8-10,16H,4-7H2,1-3H3,(H,14,15,17). The third kappa shape index (κ3) is 3.52. The fourth-order valence-corrected chi connectivity index (χ4v) is 3.84. The van der Waals surface area contributed by atoms with Gasteiger partial charge in [0, 0.05) is 11.3 Å². The number of aromatic nitrogens is 3. The van der Waals surface area contributed by atoms with Crippen molar-refractivity contribution in [2.75, 3.05) is 6.61 Å². The third-order valence-corrected chi connectivity index (χ3v) is 4.53. The Morgan fingerprint density at radius 2 is 2.50 bits per heavy atom. The Morgan fingerprint density at radius 1 is 1.70 bits per heavy atom. The quantitative estimate of drug-likeness (QED) is 0.779. The maximum atomic E-state index is 12.3. The minimum Gasteiger partial charge on any atom is -0.465 e. The molecule has 0 aliphatic heterocycles. The minimum atomic E-state index is -0.554. The second-order valence-corrected chi connectivity index (χ2v) is 6.66. The second kappa shape index (κ2) is 6.58. The molecule has 1 aromatic heterocycles. The molecule has 20 heavy (non-hydrogen) atoms. The Morgan fingerprint density at radius 3 is 3.10 bits per heavy atom. The summed E-state index contributed by atoms with van der Waals surface area (Å²) in [6.45, 7) is 6.37. The smallest absolute Gasteiger partial charge is 0.326 e. The highest BCUT2D eigenvalue weighted by Gasteiger charge is 2.47. The maximum absolute atomic E-state index is 12.3. The van der Waals surface area contributed by atoms with Gasteiger partial charge in [0.15, 0.2) is 5.16 Å². The average Bonchev–Trinajstić information content (AvgIpc) is 3.00. The largest absolute Gasteiger partial charge is 0.465 e. The van der Waals surface area contributed by atoms with E-state index < -0.39 is 5.54 Å². The predicted octanol–water partition coefficient (Wildman–Crippen LogP) is 1.75. The van der Waals surface area contributed by atoms with E-state index in [0.717, 1.165) is 24.4 Å². The van der Waals surface area contributed by atoms with Gasteiger partial charge in [0.1, 0.15) is 11.9 Å². The van der Waals surface area contributed by atoms with E-state index in [0.29, 0.717) is 11.9 Å². The third-order valence-electron chi connectivity index (χ3n) is 3.37. The van der Waals surface area contributed by atoms with E-state index in [1.807, 2.05) is 6.92 Å². The molecule has 2 rings (SSSR count). The molecule has 1 fully saturated rings. The molecule has 1 heterocycles. The molecule has 0 spiro atoms. The molecule has 0 amide bonds. The highest BCUT2D eigenvalue weighted by molar-refractivity contribution is 7.99. The molecule has 1 saturated carbocycles. The fourth-order valence-electron chi connectivity index (χ4n) is 2.71. The van der Waals surface area contributed by atoms with Crippen LogP contribution in [0.5, 0.6) is 0 Å². The molecule has 7 heteroatoms. The summed E-state index contributed by atoms with van der Waals surface area (Å²) in [7, 11) is 0. The number of esters is 1. The first-order valence-corrected chi connectivity index (χ1v) is 7.90. The summed E-state index contributed by atoms with van der Waals surface area (Å²) in [6, 6.07) is 0.244. The number of thioether (sulfide) groups is 1. The summed E-state index contributed by atoms with van der Waals surface area (Å²) in [5.74, 6) is -0.130. The minimum absolute atomic E-state index is 0.130. The van der Waals surface area contributed by atoms with Crippen molar-refractivity contribution in [3.63, 3.8) is 0 Å². The van der Waals surface area contributed by atoms with Gasteiger partial charge >= 0.3 is 5.97 Å². The zero-order valence-electron chi connectivity index (χ0n) is 12.2. The molecule has 112 valence electrons. The van der Waals surface area contributed by atoms with Gasteiger partial charge in [-0.1, -0.05) is 11.8 Å². The Bertz CT molecular complexity index is 438. The highest BCUT2D eigenvalue weighted by atomic mass is 32.2. The number of ether oxygens (including phenoxy) is 1. The number of nitrogens with zero attached hydrogens (tertiary/aromatic N) is 2. The van der Waals surface area contributed by atoms with Gasteiger partial charge in [0.05, 0.1) is 6.61 Å². The van der Waals surface area contributed by atoms with Crippen LogP contribution in [0.1, 0.15) is 40.0 Å². The number of aromatic amines is 1. The SMILES string of the molecule is CCOC(=O)C1(NC(C)C)CCC(Sc2ncn[nH]2)C1. The van der Waals surface area contributed by atoms with E-state index in [1.165, 1.54) is 6.33 Å². The van der Waals surface area contributed by atoms with E-state index in [2.05, 4.69) is 34.3 Å². The van der Waals surface area contributed by atoms with E-state index in [1.54, 1.807) is 11.8 Å². The number of carbonyl (C=O) groups excluding carboxylic acids is 1. The van der Waals surface area contributed by atoms with Crippen molar-refractivity contribution >= 4 is 17.7 Å². The molecule has 1 aliphatic carbocycles. The van der Waals surface area contributed by atoms with Crippen molar-refractivity contribution < 1.29 is 9.53 Å². The van der Waals surface area contributed by atoms with Gasteiger partial charge < -0.3 is 4.74 Å². The Kier molecular flexibility index (Phi) is 5.04. The Labute approximate surface area is 123 Å². The molecular formula is C13H22N4O2S. The van der Waals surface area contributed by atoms with Crippen molar-refractivity contribution in [1.29, 1.82) is 0 Å². The number of hydrogen-bond donors (Lipinski definition) is 2. The van der Waals surface area contributed by atoms with Gasteiger partial charge in [-0.05, 0) is 40.0 Å². The van der Waals surface area contributed by atoms with Crippen molar-refractivity contribution in [2.45, 2.75) is 62.0 Å². The topological polar surface area (TPSA) is 79.9 Å². The molecular weight excluding hydrogens is 276 g/mol. The van der Waals surface area contributed by atoms with E-state index in [9.17, 15) is 4.79 Å². The normalized spacial score (nSPS) is 26.1. The lowest BCUT2D eigenvalue weighted by atomic mass is 9.96. The fraction of sp³-hybridized carbons (Fsp3) is 0.769. The number of hydrogen-bond acceptors (Lipinski definition) is 6. The highest BCUT2D eigenvalue weighted by Crippen LogP contribution is 2.40. The Balaban J connectivity index is 2.04. The molecule has 2 unspecified atom stereocenters. The van der Waals surface area contributed by atoms with E-state index >= 15 is 0 Å². The van der Waals surface area contributed by atoms with Gasteiger partial charge in [0.25, 0.3) is 0 Å². The molecule has 1 aliphatic rings. The summed E-state index contributed by atoms with van der Waals surface area (Å²) in [5.41, 5.74) is -0.554. The van der Waals surface area contributed by atoms with Crippen molar-refractivity contribution in [3.05, 3.63) is 6.33 Å². The van der Waals surface area contributed by atoms with Gasteiger partial charge in [-0.3, -0.25) is 15.2 Å². The number of carbonyl (C=O) groups is 1.